The number of hydrogen-bond donors (Lipinski definition) is 3. The Morgan fingerprint density at radius 1 is 1.15 bits per heavy atom. The Morgan fingerprint density at radius 2 is 1.85 bits per heavy atom. The number of rotatable bonds is 5. The van der Waals surface area contributed by atoms with Crippen LogP contribution in [0.25, 0.3) is 0 Å². The van der Waals surface area contributed by atoms with Crippen molar-refractivity contribution in [1.29, 1.82) is 0 Å². The molecule has 6 nitrogen and oxygen atoms in total. The summed E-state index contributed by atoms with van der Waals surface area (Å²) in [5, 5.41) is 21.4. The average molecular weight is 284 g/mol. The normalized spacial score (nSPS) is 27.8. The fraction of sp³-hybridized carbons (Fsp3) is 0.857. The van der Waals surface area contributed by atoms with E-state index in [4.69, 9.17) is 5.11 Å². The molecule has 0 aromatic carbocycles. The molecule has 1 aliphatic carbocycles. The van der Waals surface area contributed by atoms with Crippen LogP contribution in [0.5, 0.6) is 0 Å². The fourth-order valence-electron chi connectivity index (χ4n) is 3.23. The molecule has 1 saturated heterocycles. The quantitative estimate of drug-likeness (QED) is 0.664. The smallest absolute Gasteiger partial charge is 0.306 e. The molecule has 3 N–H and O–H groups in total. The number of aliphatic hydroxyl groups excluding tert-OH is 1. The van der Waals surface area contributed by atoms with E-state index in [1.165, 1.54) is 0 Å². The van der Waals surface area contributed by atoms with Gasteiger partial charge in [-0.2, -0.15) is 0 Å². The van der Waals surface area contributed by atoms with E-state index in [0.29, 0.717) is 32.5 Å². The van der Waals surface area contributed by atoms with Crippen LogP contribution in [-0.4, -0.2) is 59.3 Å². The monoisotopic (exact) mass is 284 g/mol. The number of aliphatic carboxylic acids is 1. The molecule has 0 bridgehead atoms. The van der Waals surface area contributed by atoms with E-state index in [1.807, 2.05) is 0 Å². The molecule has 0 aromatic heterocycles. The van der Waals surface area contributed by atoms with Crippen molar-refractivity contribution in [3.8, 4) is 0 Å². The highest BCUT2D eigenvalue weighted by Gasteiger charge is 2.29. The number of nitrogens with one attached hydrogen (secondary N) is 1. The maximum atomic E-state index is 12.1. The molecule has 2 atom stereocenters. The van der Waals surface area contributed by atoms with Gasteiger partial charge < -0.3 is 20.4 Å². The molecule has 2 rings (SSSR count). The first-order chi connectivity index (χ1) is 9.61. The summed E-state index contributed by atoms with van der Waals surface area (Å²) in [6, 6.07) is 0.237. The lowest BCUT2D eigenvalue weighted by molar-refractivity contribution is -0.145. The van der Waals surface area contributed by atoms with E-state index in [0.717, 1.165) is 19.3 Å². The maximum absolute atomic E-state index is 12.1. The van der Waals surface area contributed by atoms with Gasteiger partial charge in [0.15, 0.2) is 0 Å². The molecule has 1 aliphatic heterocycles. The van der Waals surface area contributed by atoms with Crippen LogP contribution in [0, 0.1) is 11.8 Å². The van der Waals surface area contributed by atoms with Gasteiger partial charge >= 0.3 is 5.97 Å². The third-order valence-corrected chi connectivity index (χ3v) is 4.61. The number of nitrogens with zero attached hydrogens (tertiary/aromatic N) is 1. The van der Waals surface area contributed by atoms with Gasteiger partial charge in [-0.15, -0.1) is 0 Å². The number of carbonyl (C=O) groups is 2. The van der Waals surface area contributed by atoms with E-state index < -0.39 is 5.97 Å². The van der Waals surface area contributed by atoms with Crippen LogP contribution in [0.4, 0.5) is 0 Å². The first-order valence-corrected chi connectivity index (χ1v) is 7.46. The highest BCUT2D eigenvalue weighted by molar-refractivity contribution is 5.79. The summed E-state index contributed by atoms with van der Waals surface area (Å²) in [6.45, 7) is 1.53. The lowest BCUT2D eigenvalue weighted by atomic mass is 9.97. The van der Waals surface area contributed by atoms with Gasteiger partial charge in [0.2, 0.25) is 5.91 Å². The Hall–Kier alpha value is -1.14. The first-order valence-electron chi connectivity index (χ1n) is 7.46. The second-order valence-electron chi connectivity index (χ2n) is 5.85. The Morgan fingerprint density at radius 3 is 2.45 bits per heavy atom. The summed E-state index contributed by atoms with van der Waals surface area (Å²) in [6.07, 6.45) is 4.22. The molecule has 1 amide bonds. The first kappa shape index (κ1) is 15.3. The van der Waals surface area contributed by atoms with Gasteiger partial charge in [0.1, 0.15) is 0 Å². The highest BCUT2D eigenvalue weighted by atomic mass is 16.4. The van der Waals surface area contributed by atoms with Gasteiger partial charge in [-0.3, -0.25) is 9.59 Å². The Bertz CT molecular complexity index is 353. The molecule has 20 heavy (non-hydrogen) atoms. The molecule has 0 spiro atoms. The molecule has 2 aliphatic rings. The summed E-state index contributed by atoms with van der Waals surface area (Å²) in [4.78, 5) is 24.7. The van der Waals surface area contributed by atoms with Gasteiger partial charge in [0, 0.05) is 25.7 Å². The van der Waals surface area contributed by atoms with Gasteiger partial charge in [-0.1, -0.05) is 6.42 Å². The number of hydrogen-bond acceptors (Lipinski definition) is 4. The Labute approximate surface area is 119 Å². The van der Waals surface area contributed by atoms with Crippen molar-refractivity contribution in [1.82, 2.24) is 10.2 Å². The van der Waals surface area contributed by atoms with E-state index in [2.05, 4.69) is 5.32 Å². The summed E-state index contributed by atoms with van der Waals surface area (Å²) >= 11 is 0. The summed E-state index contributed by atoms with van der Waals surface area (Å²) in [5.41, 5.74) is 0. The molecular formula is C14H24N2O4. The van der Waals surface area contributed by atoms with Crippen LogP contribution in [0.1, 0.15) is 32.1 Å². The average Bonchev–Trinajstić information content (AvgIpc) is 2.92. The van der Waals surface area contributed by atoms with Gasteiger partial charge in [-0.05, 0) is 31.6 Å². The SMILES string of the molecule is O=C(O)C1CCN(C(=O)CNC2CCCC2CO)CC1. The molecule has 0 radical (unpaired) electrons. The zero-order chi connectivity index (χ0) is 14.5. The molecule has 0 aromatic rings. The van der Waals surface area contributed by atoms with Crippen LogP contribution in [0.15, 0.2) is 0 Å². The third kappa shape index (κ3) is 3.70. The standard InChI is InChI=1S/C14H24N2O4/c17-9-11-2-1-3-12(11)15-8-13(18)16-6-4-10(5-7-16)14(19)20/h10-12,15,17H,1-9H2,(H,19,20). The zero-order valence-corrected chi connectivity index (χ0v) is 11.8. The van der Waals surface area contributed by atoms with Crippen LogP contribution in [-0.2, 0) is 9.59 Å². The predicted octanol–water partition coefficient (Wildman–Crippen LogP) is 0.0602. The molecular weight excluding hydrogens is 260 g/mol. The lowest BCUT2D eigenvalue weighted by Crippen LogP contribution is -2.46. The van der Waals surface area contributed by atoms with Crippen molar-refractivity contribution < 1.29 is 19.8 Å². The number of likely N-dealkylation sites (tertiary alicyclic amines) is 1. The van der Waals surface area contributed by atoms with Crippen molar-refractivity contribution in [2.45, 2.75) is 38.1 Å². The highest BCUT2D eigenvalue weighted by Crippen LogP contribution is 2.25. The fourth-order valence-corrected chi connectivity index (χ4v) is 3.23. The Balaban J connectivity index is 1.72. The zero-order valence-electron chi connectivity index (χ0n) is 11.8. The van der Waals surface area contributed by atoms with E-state index >= 15 is 0 Å². The van der Waals surface area contributed by atoms with Gasteiger partial charge in [0.25, 0.3) is 0 Å². The number of carboxylic acids is 1. The minimum absolute atomic E-state index is 0.0393. The van der Waals surface area contributed by atoms with Crippen LogP contribution in [0.2, 0.25) is 0 Å². The maximum Gasteiger partial charge on any atom is 0.306 e. The summed E-state index contributed by atoms with van der Waals surface area (Å²) < 4.78 is 0. The predicted molar refractivity (Wildman–Crippen MR) is 73.2 cm³/mol. The number of carbonyl (C=O) groups excluding carboxylic acids is 1. The van der Waals surface area contributed by atoms with Crippen molar-refractivity contribution in [2.24, 2.45) is 11.8 Å². The second kappa shape index (κ2) is 7.04. The Kier molecular flexibility index (Phi) is 5.37. The summed E-state index contributed by atoms with van der Waals surface area (Å²) in [7, 11) is 0. The largest absolute Gasteiger partial charge is 0.481 e. The minimum atomic E-state index is -0.757. The van der Waals surface area contributed by atoms with Crippen molar-refractivity contribution >= 4 is 11.9 Å². The number of carboxylic acid groups (broad SMARTS) is 1. The van der Waals surface area contributed by atoms with Crippen LogP contribution < -0.4 is 5.32 Å². The number of aliphatic hydroxyl groups is 1. The van der Waals surface area contributed by atoms with Crippen molar-refractivity contribution in [2.75, 3.05) is 26.2 Å². The van der Waals surface area contributed by atoms with Crippen molar-refractivity contribution in [3.05, 3.63) is 0 Å². The van der Waals surface area contributed by atoms with Crippen LogP contribution in [0.3, 0.4) is 0 Å². The molecule has 6 heteroatoms. The second-order valence-corrected chi connectivity index (χ2v) is 5.85. The van der Waals surface area contributed by atoms with E-state index in [-0.39, 0.29) is 30.4 Å². The van der Waals surface area contributed by atoms with Crippen molar-refractivity contribution in [3.63, 3.8) is 0 Å². The lowest BCUT2D eigenvalue weighted by Gasteiger charge is -2.31. The number of amides is 1. The molecule has 2 unspecified atom stereocenters. The van der Waals surface area contributed by atoms with E-state index in [1.54, 1.807) is 4.90 Å². The van der Waals surface area contributed by atoms with Gasteiger partial charge in [-0.25, -0.2) is 0 Å². The van der Waals surface area contributed by atoms with Gasteiger partial charge in [0.05, 0.1) is 12.5 Å². The molecule has 1 saturated carbocycles. The topological polar surface area (TPSA) is 89.9 Å². The summed E-state index contributed by atoms with van der Waals surface area (Å²) in [5.74, 6) is -0.759. The molecule has 114 valence electrons. The molecule has 2 fully saturated rings. The van der Waals surface area contributed by atoms with E-state index in [9.17, 15) is 14.7 Å². The third-order valence-electron chi connectivity index (χ3n) is 4.61. The number of piperidine rings is 1. The minimum Gasteiger partial charge on any atom is -0.481 e. The van der Waals surface area contributed by atoms with Crippen LogP contribution >= 0.6 is 0 Å². The molecule has 1 heterocycles.